The predicted octanol–water partition coefficient (Wildman–Crippen LogP) is 2.41. The molecule has 106 valence electrons. The van der Waals surface area contributed by atoms with Crippen LogP contribution in [-0.4, -0.2) is 36.3 Å². The summed E-state index contributed by atoms with van der Waals surface area (Å²) in [4.78, 5) is 9.17. The average molecular weight is 264 g/mol. The summed E-state index contributed by atoms with van der Waals surface area (Å²) >= 11 is 0. The molecule has 2 N–H and O–H groups in total. The maximum absolute atomic E-state index is 5.38. The molecule has 5 nitrogen and oxygen atoms in total. The highest BCUT2D eigenvalue weighted by Crippen LogP contribution is 2.23. The predicted molar refractivity (Wildman–Crippen MR) is 77.7 cm³/mol. The number of hydrogen-bond donors (Lipinski definition) is 2. The molecule has 1 aliphatic rings. The van der Waals surface area contributed by atoms with Crippen molar-refractivity contribution in [2.45, 2.75) is 45.1 Å². The summed E-state index contributed by atoms with van der Waals surface area (Å²) in [7, 11) is 1.88. The first kappa shape index (κ1) is 14.1. The van der Waals surface area contributed by atoms with E-state index in [1.54, 1.807) is 0 Å². The Morgan fingerprint density at radius 1 is 1.16 bits per heavy atom. The van der Waals surface area contributed by atoms with Crippen LogP contribution in [0.3, 0.4) is 0 Å². The Bertz CT molecular complexity index is 422. The molecule has 1 aromatic heterocycles. The summed E-state index contributed by atoms with van der Waals surface area (Å²) in [5, 5.41) is 6.60. The maximum Gasteiger partial charge on any atom is 0.138 e. The molecular formula is C14H24N4O. The Morgan fingerprint density at radius 3 is 2.37 bits per heavy atom. The fourth-order valence-corrected chi connectivity index (χ4v) is 2.04. The van der Waals surface area contributed by atoms with Crippen molar-refractivity contribution in [3.8, 4) is 0 Å². The van der Waals surface area contributed by atoms with Gasteiger partial charge in [0.15, 0.2) is 0 Å². The molecule has 0 unspecified atom stereocenters. The highest BCUT2D eigenvalue weighted by Gasteiger charge is 2.20. The van der Waals surface area contributed by atoms with Crippen molar-refractivity contribution in [3.63, 3.8) is 0 Å². The van der Waals surface area contributed by atoms with Gasteiger partial charge in [-0.3, -0.25) is 0 Å². The normalized spacial score (nSPS) is 17.3. The maximum atomic E-state index is 5.38. The molecule has 1 fully saturated rings. The van der Waals surface area contributed by atoms with Crippen LogP contribution in [0.2, 0.25) is 0 Å². The molecule has 0 atom stereocenters. The number of hydrogen-bond acceptors (Lipinski definition) is 5. The lowest BCUT2D eigenvalue weighted by Gasteiger charge is -2.25. The van der Waals surface area contributed by atoms with Crippen molar-refractivity contribution < 1.29 is 4.74 Å². The number of anilines is 2. The van der Waals surface area contributed by atoms with Crippen LogP contribution in [0.5, 0.6) is 0 Å². The summed E-state index contributed by atoms with van der Waals surface area (Å²) in [6.45, 7) is 8.03. The van der Waals surface area contributed by atoms with Gasteiger partial charge in [-0.2, -0.15) is 0 Å². The van der Waals surface area contributed by atoms with E-state index < -0.39 is 0 Å². The summed E-state index contributed by atoms with van der Waals surface area (Å²) in [6.07, 6.45) is 2.06. The zero-order valence-corrected chi connectivity index (χ0v) is 12.3. The molecule has 0 bridgehead atoms. The molecule has 2 rings (SSSR count). The quantitative estimate of drug-likeness (QED) is 0.878. The highest BCUT2D eigenvalue weighted by molar-refractivity contribution is 5.48. The standard InChI is InChI=1S/C14H24N4O/c1-14(2,3)13-17-11(15-4)9-12(18-13)16-10-5-7-19-8-6-10/h9-10H,5-8H2,1-4H3,(H2,15,16,17,18). The van der Waals surface area contributed by atoms with Gasteiger partial charge in [-0.1, -0.05) is 20.8 Å². The molecule has 0 saturated carbocycles. The summed E-state index contributed by atoms with van der Waals surface area (Å²) in [5.74, 6) is 2.61. The third-order valence-corrected chi connectivity index (χ3v) is 3.23. The molecule has 1 saturated heterocycles. The monoisotopic (exact) mass is 264 g/mol. The fourth-order valence-electron chi connectivity index (χ4n) is 2.04. The van der Waals surface area contributed by atoms with Gasteiger partial charge in [0.1, 0.15) is 17.5 Å². The van der Waals surface area contributed by atoms with E-state index in [-0.39, 0.29) is 5.41 Å². The van der Waals surface area contributed by atoms with E-state index in [0.29, 0.717) is 6.04 Å². The Kier molecular flexibility index (Phi) is 4.24. The van der Waals surface area contributed by atoms with Crippen LogP contribution in [0.15, 0.2) is 6.07 Å². The second kappa shape index (κ2) is 5.74. The number of nitrogens with one attached hydrogen (secondary N) is 2. The van der Waals surface area contributed by atoms with Crippen molar-refractivity contribution in [1.29, 1.82) is 0 Å². The second-order valence-electron chi connectivity index (χ2n) is 5.99. The van der Waals surface area contributed by atoms with Gasteiger partial charge < -0.3 is 15.4 Å². The van der Waals surface area contributed by atoms with E-state index in [1.807, 2.05) is 13.1 Å². The first-order valence-electron chi connectivity index (χ1n) is 6.90. The summed E-state index contributed by atoms with van der Waals surface area (Å²) in [5.41, 5.74) is -0.0566. The van der Waals surface area contributed by atoms with Gasteiger partial charge in [0.2, 0.25) is 0 Å². The lowest BCUT2D eigenvalue weighted by molar-refractivity contribution is 0.0904. The van der Waals surface area contributed by atoms with Crippen LogP contribution >= 0.6 is 0 Å². The molecular weight excluding hydrogens is 240 g/mol. The number of nitrogens with zero attached hydrogens (tertiary/aromatic N) is 2. The lowest BCUT2D eigenvalue weighted by atomic mass is 9.96. The second-order valence-corrected chi connectivity index (χ2v) is 5.99. The minimum Gasteiger partial charge on any atom is -0.381 e. The van der Waals surface area contributed by atoms with Crippen LogP contribution in [0.25, 0.3) is 0 Å². The molecule has 0 amide bonds. The third-order valence-electron chi connectivity index (χ3n) is 3.23. The van der Waals surface area contributed by atoms with Crippen molar-refractivity contribution in [1.82, 2.24) is 9.97 Å². The Hall–Kier alpha value is -1.36. The Labute approximate surface area is 115 Å². The van der Waals surface area contributed by atoms with Crippen LogP contribution in [0, 0.1) is 0 Å². The van der Waals surface area contributed by atoms with Gasteiger partial charge in [0, 0.05) is 37.8 Å². The van der Waals surface area contributed by atoms with Gasteiger partial charge in [-0.25, -0.2) is 9.97 Å². The van der Waals surface area contributed by atoms with Gasteiger partial charge in [0.05, 0.1) is 0 Å². The molecule has 5 heteroatoms. The Morgan fingerprint density at radius 2 is 1.79 bits per heavy atom. The molecule has 1 aromatic rings. The van der Waals surface area contributed by atoms with Gasteiger partial charge in [-0.05, 0) is 12.8 Å². The van der Waals surface area contributed by atoms with Crippen molar-refractivity contribution in [2.24, 2.45) is 0 Å². The molecule has 0 aliphatic carbocycles. The molecule has 1 aliphatic heterocycles. The van der Waals surface area contributed by atoms with Crippen molar-refractivity contribution >= 4 is 11.6 Å². The van der Waals surface area contributed by atoms with Crippen LogP contribution in [-0.2, 0) is 10.2 Å². The van der Waals surface area contributed by atoms with Gasteiger partial charge in [-0.15, -0.1) is 0 Å². The van der Waals surface area contributed by atoms with Crippen LogP contribution in [0.1, 0.15) is 39.4 Å². The minimum atomic E-state index is -0.0566. The molecule has 2 heterocycles. The topological polar surface area (TPSA) is 59.1 Å². The van der Waals surface area contributed by atoms with E-state index in [1.165, 1.54) is 0 Å². The first-order chi connectivity index (χ1) is 8.99. The molecule has 0 spiro atoms. The minimum absolute atomic E-state index is 0.0566. The largest absolute Gasteiger partial charge is 0.381 e. The summed E-state index contributed by atoms with van der Waals surface area (Å²) < 4.78 is 5.38. The molecule has 0 radical (unpaired) electrons. The fraction of sp³-hybridized carbons (Fsp3) is 0.714. The van der Waals surface area contributed by atoms with Gasteiger partial charge >= 0.3 is 0 Å². The van der Waals surface area contributed by atoms with Crippen LogP contribution < -0.4 is 10.6 Å². The van der Waals surface area contributed by atoms with Crippen molar-refractivity contribution in [2.75, 3.05) is 30.9 Å². The first-order valence-corrected chi connectivity index (χ1v) is 6.90. The van der Waals surface area contributed by atoms with E-state index in [0.717, 1.165) is 43.5 Å². The number of rotatable bonds is 3. The summed E-state index contributed by atoms with van der Waals surface area (Å²) in [6, 6.07) is 2.41. The number of ether oxygens (including phenoxy) is 1. The molecule has 19 heavy (non-hydrogen) atoms. The van der Waals surface area contributed by atoms with E-state index in [2.05, 4.69) is 41.4 Å². The van der Waals surface area contributed by atoms with Crippen LogP contribution in [0.4, 0.5) is 11.6 Å². The molecule has 0 aromatic carbocycles. The highest BCUT2D eigenvalue weighted by atomic mass is 16.5. The SMILES string of the molecule is CNc1cc(NC2CCOCC2)nc(C(C)(C)C)n1. The van der Waals surface area contributed by atoms with Crippen molar-refractivity contribution in [3.05, 3.63) is 11.9 Å². The van der Waals surface area contributed by atoms with E-state index in [9.17, 15) is 0 Å². The third kappa shape index (κ3) is 3.80. The Balaban J connectivity index is 2.19. The zero-order chi connectivity index (χ0) is 13.9. The van der Waals surface area contributed by atoms with E-state index >= 15 is 0 Å². The van der Waals surface area contributed by atoms with E-state index in [4.69, 9.17) is 4.74 Å². The zero-order valence-electron chi connectivity index (χ0n) is 12.3. The van der Waals surface area contributed by atoms with Gasteiger partial charge in [0.25, 0.3) is 0 Å². The average Bonchev–Trinajstić information content (AvgIpc) is 2.38. The number of aromatic nitrogens is 2. The smallest absolute Gasteiger partial charge is 0.138 e. The lowest BCUT2D eigenvalue weighted by Crippen LogP contribution is -2.29.